The van der Waals surface area contributed by atoms with Crippen LogP contribution in [0.15, 0.2) is 47.4 Å². The number of primary sulfonamides is 1. The molecule has 4 N–H and O–H groups in total. The first kappa shape index (κ1) is 12.8. The topological polar surface area (TPSA) is 86.2 Å². The zero-order chi connectivity index (χ0) is 13.2. The lowest BCUT2D eigenvalue weighted by molar-refractivity contribution is 0.597. The predicted octanol–water partition coefficient (Wildman–Crippen LogP) is 1.26. The van der Waals surface area contributed by atoms with Gasteiger partial charge in [0.25, 0.3) is 0 Å². The molecule has 0 aliphatic carbocycles. The standard InChI is InChI=1S/C13H13N2O2S/c14-9-10-4-6-11(7-5-10)12-2-1-3-13(8-12)18(15,16)17/h1-7H,9,14H2,(H2,15,16,17). The Morgan fingerprint density at radius 1 is 1.06 bits per heavy atom. The number of benzene rings is 2. The van der Waals surface area contributed by atoms with Crippen molar-refractivity contribution in [1.29, 1.82) is 0 Å². The molecule has 0 saturated heterocycles. The van der Waals surface area contributed by atoms with Gasteiger partial charge in [0.1, 0.15) is 0 Å². The Balaban J connectivity index is 2.44. The van der Waals surface area contributed by atoms with Crippen molar-refractivity contribution in [2.45, 2.75) is 11.4 Å². The minimum atomic E-state index is -3.72. The Labute approximate surface area is 106 Å². The van der Waals surface area contributed by atoms with E-state index < -0.39 is 10.0 Å². The third kappa shape index (κ3) is 2.76. The summed E-state index contributed by atoms with van der Waals surface area (Å²) in [7, 11) is -3.72. The lowest BCUT2D eigenvalue weighted by Gasteiger charge is -2.04. The van der Waals surface area contributed by atoms with E-state index in [2.05, 4.69) is 6.07 Å². The molecule has 2 aromatic rings. The molecule has 2 rings (SSSR count). The van der Waals surface area contributed by atoms with E-state index in [4.69, 9.17) is 10.9 Å². The van der Waals surface area contributed by atoms with Gasteiger partial charge in [0.05, 0.1) is 4.90 Å². The highest BCUT2D eigenvalue weighted by Gasteiger charge is 2.09. The molecule has 0 saturated carbocycles. The number of rotatable bonds is 3. The quantitative estimate of drug-likeness (QED) is 0.872. The van der Waals surface area contributed by atoms with Gasteiger partial charge in [-0.05, 0) is 22.8 Å². The molecule has 0 bridgehead atoms. The van der Waals surface area contributed by atoms with Crippen LogP contribution in [0.2, 0.25) is 0 Å². The average Bonchev–Trinajstić information content (AvgIpc) is 2.38. The van der Waals surface area contributed by atoms with E-state index in [-0.39, 0.29) is 4.90 Å². The van der Waals surface area contributed by atoms with Crippen LogP contribution < -0.4 is 10.9 Å². The summed E-state index contributed by atoms with van der Waals surface area (Å²) in [4.78, 5) is -0.0112. The lowest BCUT2D eigenvalue weighted by Crippen LogP contribution is -2.12. The molecule has 0 spiro atoms. The van der Waals surface area contributed by atoms with Crippen molar-refractivity contribution < 1.29 is 8.42 Å². The minimum Gasteiger partial charge on any atom is -0.326 e. The van der Waals surface area contributed by atoms with E-state index in [0.717, 1.165) is 11.1 Å². The van der Waals surface area contributed by atoms with Gasteiger partial charge in [0.2, 0.25) is 10.0 Å². The van der Waals surface area contributed by atoms with E-state index in [1.54, 1.807) is 12.1 Å². The molecular weight excluding hydrogens is 248 g/mol. The fraction of sp³-hybridized carbons (Fsp3) is 0.0769. The first-order valence-electron chi connectivity index (χ1n) is 5.35. The van der Waals surface area contributed by atoms with E-state index >= 15 is 0 Å². The molecule has 1 radical (unpaired) electrons. The van der Waals surface area contributed by atoms with Crippen LogP contribution in [-0.2, 0) is 16.6 Å². The van der Waals surface area contributed by atoms with Crippen molar-refractivity contribution in [3.8, 4) is 11.1 Å². The average molecular weight is 261 g/mol. The zero-order valence-electron chi connectivity index (χ0n) is 9.63. The van der Waals surface area contributed by atoms with Crippen molar-refractivity contribution in [3.05, 3.63) is 54.1 Å². The molecule has 4 nitrogen and oxygen atoms in total. The molecule has 18 heavy (non-hydrogen) atoms. The van der Waals surface area contributed by atoms with Gasteiger partial charge >= 0.3 is 0 Å². The van der Waals surface area contributed by atoms with Crippen LogP contribution >= 0.6 is 0 Å². The summed E-state index contributed by atoms with van der Waals surface area (Å²) >= 11 is 0. The highest BCUT2D eigenvalue weighted by Crippen LogP contribution is 2.21. The normalized spacial score (nSPS) is 11.4. The highest BCUT2D eigenvalue weighted by atomic mass is 32.2. The van der Waals surface area contributed by atoms with Gasteiger partial charge in [0.15, 0.2) is 0 Å². The summed E-state index contributed by atoms with van der Waals surface area (Å²) < 4.78 is 22.5. The summed E-state index contributed by atoms with van der Waals surface area (Å²) in [5.41, 5.74) is 8.09. The molecular formula is C13H13N2O2S. The van der Waals surface area contributed by atoms with Crippen LogP contribution in [0, 0.1) is 6.07 Å². The first-order valence-corrected chi connectivity index (χ1v) is 6.90. The second-order valence-electron chi connectivity index (χ2n) is 3.87. The van der Waals surface area contributed by atoms with Gasteiger partial charge in [0, 0.05) is 12.6 Å². The summed E-state index contributed by atoms with van der Waals surface area (Å²) in [6.45, 7) is 0.473. The fourth-order valence-corrected chi connectivity index (χ4v) is 2.12. The molecule has 93 valence electrons. The zero-order valence-corrected chi connectivity index (χ0v) is 10.4. The van der Waals surface area contributed by atoms with Gasteiger partial charge in [-0.15, -0.1) is 0 Å². The van der Waals surface area contributed by atoms with E-state index in [1.165, 1.54) is 6.07 Å². The van der Waals surface area contributed by atoms with Crippen LogP contribution in [0.5, 0.6) is 0 Å². The third-order valence-corrected chi connectivity index (χ3v) is 3.43. The third-order valence-electron chi connectivity index (χ3n) is 2.58. The molecule has 0 aromatic heterocycles. The first-order chi connectivity index (χ1) is 8.50. The van der Waals surface area contributed by atoms with Crippen LogP contribution in [0.4, 0.5) is 0 Å². The molecule has 5 heteroatoms. The van der Waals surface area contributed by atoms with Crippen LogP contribution in [0.1, 0.15) is 5.56 Å². The number of sulfonamides is 1. The van der Waals surface area contributed by atoms with Crippen molar-refractivity contribution >= 4 is 10.0 Å². The Morgan fingerprint density at radius 3 is 2.28 bits per heavy atom. The Hall–Kier alpha value is -1.69. The molecule has 2 aromatic carbocycles. The van der Waals surface area contributed by atoms with Gasteiger partial charge in [-0.3, -0.25) is 0 Å². The molecule has 0 aliphatic rings. The molecule has 0 aliphatic heterocycles. The van der Waals surface area contributed by atoms with Crippen molar-refractivity contribution in [3.63, 3.8) is 0 Å². The maximum absolute atomic E-state index is 11.2. The van der Waals surface area contributed by atoms with E-state index in [9.17, 15) is 8.42 Å². The Bertz CT molecular complexity index is 649. The minimum absolute atomic E-state index is 0.0112. The Morgan fingerprint density at radius 2 is 1.72 bits per heavy atom. The predicted molar refractivity (Wildman–Crippen MR) is 70.0 cm³/mol. The molecule has 0 heterocycles. The van der Waals surface area contributed by atoms with Crippen molar-refractivity contribution in [2.75, 3.05) is 0 Å². The second kappa shape index (κ2) is 4.89. The van der Waals surface area contributed by atoms with Gasteiger partial charge in [-0.2, -0.15) is 0 Å². The maximum atomic E-state index is 11.2. The molecule has 0 unspecified atom stereocenters. The van der Waals surface area contributed by atoms with Crippen molar-refractivity contribution in [1.82, 2.24) is 0 Å². The van der Waals surface area contributed by atoms with Gasteiger partial charge in [-0.25, -0.2) is 13.6 Å². The largest absolute Gasteiger partial charge is 0.326 e. The number of nitrogens with two attached hydrogens (primary N) is 2. The number of hydrogen-bond acceptors (Lipinski definition) is 3. The summed E-state index contributed by atoms with van der Waals surface area (Å²) in [6.07, 6.45) is 0. The summed E-state index contributed by atoms with van der Waals surface area (Å²) in [5.74, 6) is 0. The smallest absolute Gasteiger partial charge is 0.238 e. The maximum Gasteiger partial charge on any atom is 0.238 e. The van der Waals surface area contributed by atoms with Crippen LogP contribution in [0.25, 0.3) is 11.1 Å². The van der Waals surface area contributed by atoms with Crippen LogP contribution in [0.3, 0.4) is 0 Å². The Kier molecular flexibility index (Phi) is 3.47. The van der Waals surface area contributed by atoms with Crippen LogP contribution in [-0.4, -0.2) is 8.42 Å². The van der Waals surface area contributed by atoms with E-state index in [0.29, 0.717) is 12.1 Å². The monoisotopic (exact) mass is 261 g/mol. The van der Waals surface area contributed by atoms with Gasteiger partial charge < -0.3 is 5.73 Å². The fourth-order valence-electron chi connectivity index (χ4n) is 1.60. The summed E-state index contributed by atoms with van der Waals surface area (Å²) in [5, 5.41) is 5.07. The summed E-state index contributed by atoms with van der Waals surface area (Å²) in [6, 6.07) is 15.2. The lowest BCUT2D eigenvalue weighted by atomic mass is 10.0. The van der Waals surface area contributed by atoms with Crippen molar-refractivity contribution in [2.24, 2.45) is 10.9 Å². The molecule has 0 amide bonds. The van der Waals surface area contributed by atoms with E-state index in [1.807, 2.05) is 24.3 Å². The second-order valence-corrected chi connectivity index (χ2v) is 5.40. The SMILES string of the molecule is NCc1ccc(-c2[c]c(S(N)(=O)=O)ccc2)cc1. The molecule has 0 atom stereocenters. The highest BCUT2D eigenvalue weighted by molar-refractivity contribution is 7.89. The number of hydrogen-bond donors (Lipinski definition) is 2. The van der Waals surface area contributed by atoms with Gasteiger partial charge in [-0.1, -0.05) is 36.4 Å². The molecule has 0 fully saturated rings.